The molecule has 1 aromatic rings. The quantitative estimate of drug-likeness (QED) is 0.208. The summed E-state index contributed by atoms with van der Waals surface area (Å²) in [5.41, 5.74) is 0. The first-order chi connectivity index (χ1) is 11.4. The number of carbonyl (C=O) groups excluding carboxylic acids is 1. The third-order valence-corrected chi connectivity index (χ3v) is 3.32. The molecule has 0 aliphatic heterocycles. The van der Waals surface area contributed by atoms with Gasteiger partial charge in [0.25, 0.3) is 0 Å². The average Bonchev–Trinajstić information content (AvgIpc) is 2.54. The van der Waals surface area contributed by atoms with Gasteiger partial charge in [-0.1, -0.05) is 12.3 Å². The molecule has 0 saturated carbocycles. The van der Waals surface area contributed by atoms with Gasteiger partial charge in [-0.05, 0) is 19.3 Å². The second kappa shape index (κ2) is 8.11. The summed E-state index contributed by atoms with van der Waals surface area (Å²) in [6, 6.07) is 0. The first-order valence-corrected chi connectivity index (χ1v) is 7.24. The van der Waals surface area contributed by atoms with Crippen molar-refractivity contribution >= 4 is 5.97 Å². The van der Waals surface area contributed by atoms with Gasteiger partial charge in [0.2, 0.25) is 34.8 Å². The van der Waals surface area contributed by atoms with Crippen LogP contribution in [0.3, 0.4) is 0 Å². The molecule has 0 fully saturated rings. The Morgan fingerprint density at radius 1 is 0.958 bits per heavy atom. The Hall–Kier alpha value is -2.14. The highest BCUT2D eigenvalue weighted by Crippen LogP contribution is 2.29. The first-order valence-electron chi connectivity index (χ1n) is 7.24. The topological polar surface area (TPSA) is 35.5 Å². The van der Waals surface area contributed by atoms with E-state index < -0.39 is 53.5 Å². The van der Waals surface area contributed by atoms with E-state index >= 15 is 0 Å². The van der Waals surface area contributed by atoms with Crippen molar-refractivity contribution in [3.63, 3.8) is 0 Å². The second-order valence-electron chi connectivity index (χ2n) is 5.09. The molecule has 0 spiro atoms. The zero-order chi connectivity index (χ0) is 17.7. The molecule has 0 bridgehead atoms. The van der Waals surface area contributed by atoms with Crippen LogP contribution in [0.4, 0.5) is 22.0 Å². The number of esters is 1. The number of benzene rings is 1. The van der Waals surface area contributed by atoms with Gasteiger partial charge in [0.1, 0.15) is 12.7 Å². The fourth-order valence-corrected chi connectivity index (χ4v) is 2.09. The Labute approximate surface area is 134 Å². The predicted octanol–water partition coefficient (Wildman–Crippen LogP) is 3.64. The molecule has 1 aliphatic rings. The molecule has 24 heavy (non-hydrogen) atoms. The number of ether oxygens (including phenoxy) is 2. The summed E-state index contributed by atoms with van der Waals surface area (Å²) < 4.78 is 75.1. The van der Waals surface area contributed by atoms with Crippen molar-refractivity contribution in [3.8, 4) is 17.6 Å². The van der Waals surface area contributed by atoms with E-state index in [0.717, 1.165) is 19.3 Å². The largest absolute Gasteiger partial charge is 0.418 e. The van der Waals surface area contributed by atoms with E-state index in [9.17, 15) is 26.7 Å². The van der Waals surface area contributed by atoms with E-state index in [1.165, 1.54) is 0 Å². The monoisotopic (exact) mass is 348 g/mol. The maximum absolute atomic E-state index is 13.4. The fourth-order valence-electron chi connectivity index (χ4n) is 2.09. The molecule has 0 aromatic heterocycles. The van der Waals surface area contributed by atoms with Crippen LogP contribution in [0.25, 0.3) is 0 Å². The molecule has 0 amide bonds. The lowest BCUT2D eigenvalue weighted by Crippen LogP contribution is -2.22. The maximum Gasteiger partial charge on any atom is 0.337 e. The minimum Gasteiger partial charge on any atom is -0.418 e. The predicted molar refractivity (Wildman–Crippen MR) is 72.5 cm³/mol. The van der Waals surface area contributed by atoms with Crippen LogP contribution < -0.4 is 4.74 Å². The number of rotatable bonds is 4. The van der Waals surface area contributed by atoms with Crippen LogP contribution in [0.5, 0.6) is 5.75 Å². The molecule has 8 heteroatoms. The average molecular weight is 348 g/mol. The van der Waals surface area contributed by atoms with E-state index in [1.807, 2.05) is 0 Å². The van der Waals surface area contributed by atoms with Gasteiger partial charge in [-0.2, -0.15) is 8.78 Å². The summed E-state index contributed by atoms with van der Waals surface area (Å²) in [6.45, 7) is -0.723. The van der Waals surface area contributed by atoms with Crippen molar-refractivity contribution in [1.82, 2.24) is 0 Å². The van der Waals surface area contributed by atoms with Gasteiger partial charge in [-0.15, -0.1) is 5.92 Å². The zero-order valence-corrected chi connectivity index (χ0v) is 12.4. The molecular formula is C16H13F5O3. The molecule has 0 heterocycles. The Balaban J connectivity index is 2.02. The molecule has 1 atom stereocenters. The summed E-state index contributed by atoms with van der Waals surface area (Å²) in [4.78, 5) is 11.6. The Morgan fingerprint density at radius 3 is 2.25 bits per heavy atom. The molecule has 0 saturated heterocycles. The molecular weight excluding hydrogens is 335 g/mol. The molecule has 1 aromatic carbocycles. The minimum atomic E-state index is -2.33. The van der Waals surface area contributed by atoms with Crippen LogP contribution in [-0.4, -0.2) is 18.7 Å². The second-order valence-corrected chi connectivity index (χ2v) is 5.09. The van der Waals surface area contributed by atoms with Gasteiger partial charge in [-0.25, -0.2) is 18.0 Å². The van der Waals surface area contributed by atoms with Gasteiger partial charge in [-0.3, -0.25) is 0 Å². The maximum atomic E-state index is 13.4. The lowest BCUT2D eigenvalue weighted by atomic mass is 10.1. The van der Waals surface area contributed by atoms with E-state index in [0.29, 0.717) is 12.8 Å². The van der Waals surface area contributed by atoms with Crippen molar-refractivity contribution in [1.29, 1.82) is 0 Å². The van der Waals surface area contributed by atoms with Crippen molar-refractivity contribution < 1.29 is 36.2 Å². The zero-order valence-electron chi connectivity index (χ0n) is 12.4. The summed E-state index contributed by atoms with van der Waals surface area (Å²) in [7, 11) is 0. The lowest BCUT2D eigenvalue weighted by molar-refractivity contribution is -0.141. The van der Waals surface area contributed by atoms with Crippen molar-refractivity contribution in [2.75, 3.05) is 6.61 Å². The highest BCUT2D eigenvalue weighted by atomic mass is 19.2. The van der Waals surface area contributed by atoms with Crippen LogP contribution in [-0.2, 0) is 9.53 Å². The van der Waals surface area contributed by atoms with Crippen LogP contribution in [0.1, 0.15) is 32.1 Å². The van der Waals surface area contributed by atoms with Crippen molar-refractivity contribution in [3.05, 3.63) is 29.1 Å². The standard InChI is InChI=1S/C16H13F5O3/c17-11-12(18)14(20)16(15(21)13(11)19)24-10(22)8-23-9-6-4-2-1-3-5-7-9/h9H,1-4,6,8H2. The van der Waals surface area contributed by atoms with Gasteiger partial charge < -0.3 is 9.47 Å². The number of hydrogen-bond donors (Lipinski definition) is 0. The first kappa shape index (κ1) is 18.2. The van der Waals surface area contributed by atoms with E-state index in [-0.39, 0.29) is 0 Å². The van der Waals surface area contributed by atoms with Crippen LogP contribution in [0, 0.1) is 40.9 Å². The highest BCUT2D eigenvalue weighted by molar-refractivity contribution is 5.73. The van der Waals surface area contributed by atoms with E-state index in [1.54, 1.807) is 0 Å². The van der Waals surface area contributed by atoms with Crippen LogP contribution in [0.2, 0.25) is 0 Å². The van der Waals surface area contributed by atoms with E-state index in [4.69, 9.17) is 4.74 Å². The Bertz CT molecular complexity index is 664. The Kier molecular flexibility index (Phi) is 6.15. The lowest BCUT2D eigenvalue weighted by Gasteiger charge is -2.14. The third kappa shape index (κ3) is 4.23. The smallest absolute Gasteiger partial charge is 0.337 e. The SMILES string of the molecule is O=C(COC1C#CCCCCC1)Oc1c(F)c(F)c(F)c(F)c1F. The van der Waals surface area contributed by atoms with Crippen molar-refractivity contribution in [2.24, 2.45) is 0 Å². The normalized spacial score (nSPS) is 17.5. The molecule has 2 rings (SSSR count). The summed E-state index contributed by atoms with van der Waals surface area (Å²) in [6.07, 6.45) is 3.50. The Morgan fingerprint density at radius 2 is 1.58 bits per heavy atom. The number of halogens is 5. The summed E-state index contributed by atoms with van der Waals surface area (Å²) >= 11 is 0. The molecule has 0 radical (unpaired) electrons. The van der Waals surface area contributed by atoms with Gasteiger partial charge in [0, 0.05) is 6.42 Å². The molecule has 0 N–H and O–H groups in total. The fraction of sp³-hybridized carbons (Fsp3) is 0.438. The number of hydrogen-bond acceptors (Lipinski definition) is 3. The minimum absolute atomic E-state index is 0.547. The van der Waals surface area contributed by atoms with Gasteiger partial charge in [0.15, 0.2) is 0 Å². The summed E-state index contributed by atoms with van der Waals surface area (Å²) in [5, 5.41) is 0. The third-order valence-electron chi connectivity index (χ3n) is 3.32. The van der Waals surface area contributed by atoms with Gasteiger partial charge in [0.05, 0.1) is 0 Å². The van der Waals surface area contributed by atoms with E-state index in [2.05, 4.69) is 16.6 Å². The molecule has 1 aliphatic carbocycles. The molecule has 1 unspecified atom stereocenters. The summed E-state index contributed by atoms with van der Waals surface area (Å²) in [5.74, 6) is -8.43. The molecule has 3 nitrogen and oxygen atoms in total. The highest BCUT2D eigenvalue weighted by Gasteiger charge is 2.28. The molecule has 130 valence electrons. The van der Waals surface area contributed by atoms with Crippen molar-refractivity contribution in [2.45, 2.75) is 38.2 Å². The van der Waals surface area contributed by atoms with Crippen LogP contribution >= 0.6 is 0 Å². The number of carbonyl (C=O) groups is 1. The van der Waals surface area contributed by atoms with Crippen LogP contribution in [0.15, 0.2) is 0 Å². The van der Waals surface area contributed by atoms with Gasteiger partial charge >= 0.3 is 5.97 Å².